The second-order valence-corrected chi connectivity index (χ2v) is 6.72. The highest BCUT2D eigenvalue weighted by Gasteiger charge is 2.19. The SMILES string of the molecule is O=C(NCc1ccc(C(=O)N2CCCCC2)cc1)[C@H](O)c1ccc(F)cc1. The number of carbonyl (C=O) groups excluding carboxylic acids is 2. The monoisotopic (exact) mass is 370 g/mol. The Labute approximate surface area is 157 Å². The Morgan fingerprint density at radius 2 is 1.63 bits per heavy atom. The summed E-state index contributed by atoms with van der Waals surface area (Å²) in [7, 11) is 0. The van der Waals surface area contributed by atoms with Crippen molar-refractivity contribution >= 4 is 11.8 Å². The molecule has 1 heterocycles. The number of hydrogen-bond acceptors (Lipinski definition) is 3. The smallest absolute Gasteiger partial charge is 0.253 e. The standard InChI is InChI=1S/C21H23FN2O3/c22-18-10-8-16(9-11-18)19(25)20(26)23-14-15-4-6-17(7-5-15)21(27)24-12-2-1-3-13-24/h4-11,19,25H,1-3,12-14H2,(H,23,26)/t19-/m1/s1. The van der Waals surface area contributed by atoms with Crippen LogP contribution in [0.4, 0.5) is 4.39 Å². The molecule has 2 amide bonds. The minimum absolute atomic E-state index is 0.0389. The molecule has 0 bridgehead atoms. The average Bonchev–Trinajstić information content (AvgIpc) is 2.72. The van der Waals surface area contributed by atoms with Crippen LogP contribution in [-0.4, -0.2) is 34.9 Å². The topological polar surface area (TPSA) is 69.6 Å². The molecule has 5 nitrogen and oxygen atoms in total. The zero-order valence-corrected chi connectivity index (χ0v) is 15.0. The third kappa shape index (κ3) is 4.92. The number of rotatable bonds is 5. The van der Waals surface area contributed by atoms with Gasteiger partial charge in [0.2, 0.25) is 0 Å². The fourth-order valence-corrected chi connectivity index (χ4v) is 3.13. The van der Waals surface area contributed by atoms with Crippen molar-refractivity contribution in [3.63, 3.8) is 0 Å². The maximum absolute atomic E-state index is 12.9. The zero-order chi connectivity index (χ0) is 19.2. The number of piperidine rings is 1. The van der Waals surface area contributed by atoms with Gasteiger partial charge >= 0.3 is 0 Å². The summed E-state index contributed by atoms with van der Waals surface area (Å²) in [4.78, 5) is 26.4. The Morgan fingerprint density at radius 1 is 1.00 bits per heavy atom. The first-order valence-corrected chi connectivity index (χ1v) is 9.14. The lowest BCUT2D eigenvalue weighted by Crippen LogP contribution is -2.35. The highest BCUT2D eigenvalue weighted by molar-refractivity contribution is 5.94. The van der Waals surface area contributed by atoms with Gasteiger partial charge in [0.05, 0.1) is 0 Å². The van der Waals surface area contributed by atoms with E-state index in [1.807, 2.05) is 4.90 Å². The third-order valence-electron chi connectivity index (χ3n) is 4.74. The molecule has 1 aliphatic heterocycles. The first-order chi connectivity index (χ1) is 13.0. The molecular formula is C21H23FN2O3. The lowest BCUT2D eigenvalue weighted by molar-refractivity contribution is -0.129. The van der Waals surface area contributed by atoms with Gasteiger partial charge in [0.15, 0.2) is 6.10 Å². The molecule has 1 saturated heterocycles. The molecule has 0 unspecified atom stereocenters. The highest BCUT2D eigenvalue weighted by atomic mass is 19.1. The Kier molecular flexibility index (Phi) is 6.19. The minimum atomic E-state index is -1.36. The molecule has 27 heavy (non-hydrogen) atoms. The van der Waals surface area contributed by atoms with Crippen LogP contribution in [-0.2, 0) is 11.3 Å². The van der Waals surface area contributed by atoms with Gasteiger partial charge in [-0.15, -0.1) is 0 Å². The number of benzene rings is 2. The summed E-state index contributed by atoms with van der Waals surface area (Å²) >= 11 is 0. The van der Waals surface area contributed by atoms with E-state index < -0.39 is 17.8 Å². The minimum Gasteiger partial charge on any atom is -0.378 e. The van der Waals surface area contributed by atoms with E-state index >= 15 is 0 Å². The molecule has 142 valence electrons. The van der Waals surface area contributed by atoms with Crippen LogP contribution < -0.4 is 5.32 Å². The predicted octanol–water partition coefficient (Wildman–Crippen LogP) is 2.80. The molecule has 2 N–H and O–H groups in total. The van der Waals surface area contributed by atoms with E-state index in [9.17, 15) is 19.1 Å². The Bertz CT molecular complexity index is 784. The van der Waals surface area contributed by atoms with Gasteiger partial charge in [-0.2, -0.15) is 0 Å². The van der Waals surface area contributed by atoms with Crippen molar-refractivity contribution in [2.45, 2.75) is 31.9 Å². The summed E-state index contributed by atoms with van der Waals surface area (Å²) < 4.78 is 12.9. The number of carbonyl (C=O) groups is 2. The Hall–Kier alpha value is -2.73. The van der Waals surface area contributed by atoms with Gasteiger partial charge in [-0.25, -0.2) is 4.39 Å². The van der Waals surface area contributed by atoms with Crippen LogP contribution in [0.1, 0.15) is 46.9 Å². The molecule has 0 aromatic heterocycles. The van der Waals surface area contributed by atoms with Crippen molar-refractivity contribution in [1.82, 2.24) is 10.2 Å². The van der Waals surface area contributed by atoms with Crippen molar-refractivity contribution in [1.29, 1.82) is 0 Å². The average molecular weight is 370 g/mol. The van der Waals surface area contributed by atoms with E-state index in [1.165, 1.54) is 30.7 Å². The van der Waals surface area contributed by atoms with Crippen molar-refractivity contribution in [2.24, 2.45) is 0 Å². The maximum Gasteiger partial charge on any atom is 0.253 e. The molecule has 2 aromatic carbocycles. The van der Waals surface area contributed by atoms with Crippen molar-refractivity contribution in [3.8, 4) is 0 Å². The number of aliphatic hydroxyl groups excluding tert-OH is 1. The van der Waals surface area contributed by atoms with E-state index in [4.69, 9.17) is 0 Å². The van der Waals surface area contributed by atoms with Crippen LogP contribution in [0.15, 0.2) is 48.5 Å². The van der Waals surface area contributed by atoms with Crippen molar-refractivity contribution in [2.75, 3.05) is 13.1 Å². The number of hydrogen-bond donors (Lipinski definition) is 2. The predicted molar refractivity (Wildman–Crippen MR) is 99.4 cm³/mol. The number of nitrogens with zero attached hydrogens (tertiary/aromatic N) is 1. The molecule has 1 fully saturated rings. The summed E-state index contributed by atoms with van der Waals surface area (Å²) in [6.07, 6.45) is 1.91. The quantitative estimate of drug-likeness (QED) is 0.850. The molecule has 3 rings (SSSR count). The van der Waals surface area contributed by atoms with Crippen LogP contribution in [0.2, 0.25) is 0 Å². The summed E-state index contributed by atoms with van der Waals surface area (Å²) in [5.74, 6) is -0.947. The molecule has 6 heteroatoms. The fraction of sp³-hybridized carbons (Fsp3) is 0.333. The molecule has 0 spiro atoms. The molecular weight excluding hydrogens is 347 g/mol. The van der Waals surface area contributed by atoms with Crippen LogP contribution >= 0.6 is 0 Å². The van der Waals surface area contributed by atoms with Gasteiger partial charge in [0.25, 0.3) is 11.8 Å². The van der Waals surface area contributed by atoms with Gasteiger partial charge in [-0.1, -0.05) is 24.3 Å². The first kappa shape index (κ1) is 19.0. The summed E-state index contributed by atoms with van der Waals surface area (Å²) in [5, 5.41) is 12.7. The second-order valence-electron chi connectivity index (χ2n) is 6.72. The Morgan fingerprint density at radius 3 is 2.26 bits per heavy atom. The first-order valence-electron chi connectivity index (χ1n) is 9.14. The molecule has 1 aliphatic rings. The van der Waals surface area contributed by atoms with Gasteiger partial charge < -0.3 is 15.3 Å². The lowest BCUT2D eigenvalue weighted by Gasteiger charge is -2.26. The number of halogens is 1. The van der Waals surface area contributed by atoms with Gasteiger partial charge in [-0.3, -0.25) is 9.59 Å². The Balaban J connectivity index is 1.54. The van der Waals surface area contributed by atoms with Crippen LogP contribution in [0.3, 0.4) is 0 Å². The summed E-state index contributed by atoms with van der Waals surface area (Å²) in [6.45, 7) is 1.84. The van der Waals surface area contributed by atoms with Gasteiger partial charge in [0.1, 0.15) is 5.82 Å². The van der Waals surface area contributed by atoms with Crippen LogP contribution in [0.5, 0.6) is 0 Å². The highest BCUT2D eigenvalue weighted by Crippen LogP contribution is 2.15. The van der Waals surface area contributed by atoms with Crippen molar-refractivity contribution in [3.05, 3.63) is 71.0 Å². The largest absolute Gasteiger partial charge is 0.378 e. The summed E-state index contributed by atoms with van der Waals surface area (Å²) in [6, 6.07) is 12.3. The second kappa shape index (κ2) is 8.77. The number of aliphatic hydroxyl groups is 1. The van der Waals surface area contributed by atoms with Gasteiger partial charge in [0, 0.05) is 25.2 Å². The molecule has 0 saturated carbocycles. The molecule has 0 aliphatic carbocycles. The molecule has 0 radical (unpaired) electrons. The van der Waals surface area contributed by atoms with Crippen LogP contribution in [0, 0.1) is 5.82 Å². The summed E-state index contributed by atoms with van der Waals surface area (Å²) in [5.41, 5.74) is 1.79. The fourth-order valence-electron chi connectivity index (χ4n) is 3.13. The van der Waals surface area contributed by atoms with E-state index in [1.54, 1.807) is 24.3 Å². The van der Waals surface area contributed by atoms with Gasteiger partial charge in [-0.05, 0) is 54.7 Å². The molecule has 1 atom stereocenters. The van der Waals surface area contributed by atoms with Crippen molar-refractivity contribution < 1.29 is 19.1 Å². The normalized spacial score (nSPS) is 15.3. The third-order valence-corrected chi connectivity index (χ3v) is 4.74. The van der Waals surface area contributed by atoms with E-state index in [0.717, 1.165) is 31.5 Å². The number of likely N-dealkylation sites (tertiary alicyclic amines) is 1. The lowest BCUT2D eigenvalue weighted by atomic mass is 10.1. The van der Waals surface area contributed by atoms with E-state index in [-0.39, 0.29) is 12.5 Å². The maximum atomic E-state index is 12.9. The van der Waals surface area contributed by atoms with E-state index in [2.05, 4.69) is 5.32 Å². The number of nitrogens with one attached hydrogen (secondary N) is 1. The molecule has 2 aromatic rings. The number of amides is 2. The van der Waals surface area contributed by atoms with E-state index in [0.29, 0.717) is 11.1 Å². The zero-order valence-electron chi connectivity index (χ0n) is 15.0. The van der Waals surface area contributed by atoms with Crippen LogP contribution in [0.25, 0.3) is 0 Å².